The van der Waals surface area contributed by atoms with E-state index in [1.807, 2.05) is 12.1 Å². The Morgan fingerprint density at radius 2 is 1.32 bits per heavy atom. The van der Waals surface area contributed by atoms with Crippen LogP contribution in [0.25, 0.3) is 0 Å². The zero-order chi connectivity index (χ0) is 24.5. The number of fused-ring (bicyclic) bond motifs is 6. The molecule has 10 heteroatoms. The van der Waals surface area contributed by atoms with Crippen LogP contribution >= 0.6 is 0 Å². The number of ether oxygens (including phenoxy) is 2. The summed E-state index contributed by atoms with van der Waals surface area (Å²) in [7, 11) is 0. The molecule has 0 aromatic heterocycles. The van der Waals surface area contributed by atoms with Crippen LogP contribution < -0.4 is 10.1 Å². The van der Waals surface area contributed by atoms with Gasteiger partial charge in [-0.05, 0) is 30.3 Å². The molecule has 3 aromatic carbocycles. The summed E-state index contributed by atoms with van der Waals surface area (Å²) in [5.41, 5.74) is 1.28. The molecule has 2 heterocycles. The second-order valence-corrected chi connectivity index (χ2v) is 7.47. The molecule has 174 valence electrons. The van der Waals surface area contributed by atoms with Gasteiger partial charge in [0.05, 0.1) is 18.7 Å². The van der Waals surface area contributed by atoms with Gasteiger partial charge in [0.1, 0.15) is 23.0 Å². The first kappa shape index (κ1) is 22.6. The molecule has 0 amide bonds. The van der Waals surface area contributed by atoms with Crippen molar-refractivity contribution in [1.29, 1.82) is 0 Å². The maximum atomic E-state index is 12.5. The average molecular weight is 465 g/mol. The molecule has 2 aliphatic rings. The zero-order valence-electron chi connectivity index (χ0n) is 17.5. The third kappa shape index (κ3) is 3.97. The van der Waals surface area contributed by atoms with Crippen LogP contribution in [0, 0.1) is 0 Å². The highest BCUT2D eigenvalue weighted by molar-refractivity contribution is 5.97. The summed E-state index contributed by atoms with van der Waals surface area (Å²) in [6.07, 6.45) is 0. The molecule has 5 N–H and O–H groups in total. The molecule has 0 unspecified atom stereocenters. The van der Waals surface area contributed by atoms with E-state index in [1.54, 1.807) is 24.3 Å². The summed E-state index contributed by atoms with van der Waals surface area (Å²) in [4.78, 5) is 32.0. The van der Waals surface area contributed by atoms with Crippen LogP contribution in [0.4, 0.5) is 0 Å². The highest BCUT2D eigenvalue weighted by atomic mass is 16.6. The Morgan fingerprint density at radius 1 is 0.794 bits per heavy atom. The Hall–Kier alpha value is -4.57. The van der Waals surface area contributed by atoms with Crippen molar-refractivity contribution in [1.82, 2.24) is 5.32 Å². The standard InChI is InChI=1S/C20H12O5.C4H7NO4/c21-11-5-7-15-17(9-11)24-18-10-12(22)6-8-16(18)20(15)14-4-2-1-3-13(14)19(23)25-20;6-3(7)1-5-2-4(8)9/h1-10,21-22H;5H,1-2H2,(H,6,7)(H,8,9). The monoisotopic (exact) mass is 465 g/mol. The number of phenolic OH excluding ortho intramolecular Hbond substituents is 2. The van der Waals surface area contributed by atoms with Gasteiger partial charge in [0.15, 0.2) is 5.60 Å². The van der Waals surface area contributed by atoms with Gasteiger partial charge < -0.3 is 29.9 Å². The molecule has 1 spiro atoms. The SMILES string of the molecule is O=C(O)CNCC(=O)O.O=C1OC2(c3ccc(O)cc3Oc3cc(O)ccc32)c2ccccc21. The fraction of sp³-hybridized carbons (Fsp3) is 0.125. The molecule has 5 rings (SSSR count). The normalized spacial score (nSPS) is 13.9. The van der Waals surface area contributed by atoms with Gasteiger partial charge in [0.2, 0.25) is 0 Å². The van der Waals surface area contributed by atoms with Crippen LogP contribution in [-0.2, 0) is 19.9 Å². The van der Waals surface area contributed by atoms with Crippen LogP contribution in [0.3, 0.4) is 0 Å². The lowest BCUT2D eigenvalue weighted by molar-refractivity contribution is -0.137. The van der Waals surface area contributed by atoms with Gasteiger partial charge in [-0.15, -0.1) is 0 Å². The minimum Gasteiger partial charge on any atom is -0.508 e. The number of aliphatic carboxylic acids is 2. The number of esters is 1. The first-order chi connectivity index (χ1) is 16.2. The Labute approximate surface area is 192 Å². The molecular weight excluding hydrogens is 446 g/mol. The van der Waals surface area contributed by atoms with Crippen molar-refractivity contribution >= 4 is 17.9 Å². The largest absolute Gasteiger partial charge is 0.508 e. The van der Waals surface area contributed by atoms with Crippen molar-refractivity contribution in [3.8, 4) is 23.0 Å². The van der Waals surface area contributed by atoms with E-state index in [2.05, 4.69) is 5.32 Å². The molecule has 3 aromatic rings. The molecule has 34 heavy (non-hydrogen) atoms. The quantitative estimate of drug-likeness (QED) is 0.362. The Balaban J connectivity index is 0.000000262. The van der Waals surface area contributed by atoms with E-state index in [-0.39, 0.29) is 24.6 Å². The fourth-order valence-electron chi connectivity index (χ4n) is 3.93. The van der Waals surface area contributed by atoms with Gasteiger partial charge in [-0.2, -0.15) is 0 Å². The van der Waals surface area contributed by atoms with Crippen molar-refractivity contribution < 1.29 is 44.3 Å². The molecule has 2 aliphatic heterocycles. The number of aromatic hydroxyl groups is 2. The Kier molecular flexibility index (Phi) is 5.82. The van der Waals surface area contributed by atoms with Crippen LogP contribution in [0.5, 0.6) is 23.0 Å². The van der Waals surface area contributed by atoms with E-state index in [0.29, 0.717) is 33.8 Å². The van der Waals surface area contributed by atoms with Crippen LogP contribution in [0.1, 0.15) is 27.0 Å². The maximum Gasteiger partial charge on any atom is 0.340 e. The Morgan fingerprint density at radius 3 is 1.85 bits per heavy atom. The molecule has 0 aliphatic carbocycles. The third-order valence-corrected chi connectivity index (χ3v) is 5.23. The maximum absolute atomic E-state index is 12.5. The van der Waals surface area contributed by atoms with Crippen LogP contribution in [0.15, 0.2) is 60.7 Å². The van der Waals surface area contributed by atoms with Gasteiger partial charge in [0, 0.05) is 28.8 Å². The summed E-state index contributed by atoms with van der Waals surface area (Å²) in [6.45, 7) is -0.626. The topological polar surface area (TPSA) is 163 Å². The smallest absolute Gasteiger partial charge is 0.340 e. The molecule has 0 saturated carbocycles. The van der Waals surface area contributed by atoms with E-state index in [9.17, 15) is 24.6 Å². The van der Waals surface area contributed by atoms with E-state index in [1.165, 1.54) is 24.3 Å². The van der Waals surface area contributed by atoms with E-state index in [0.717, 1.165) is 0 Å². The highest BCUT2D eigenvalue weighted by Gasteiger charge is 2.53. The first-order valence-electron chi connectivity index (χ1n) is 10.0. The number of carbonyl (C=O) groups excluding carboxylic acids is 1. The van der Waals surface area contributed by atoms with Gasteiger partial charge in [0.25, 0.3) is 0 Å². The van der Waals surface area contributed by atoms with Crippen LogP contribution in [-0.4, -0.2) is 51.4 Å². The van der Waals surface area contributed by atoms with E-state index >= 15 is 0 Å². The molecule has 10 nitrogen and oxygen atoms in total. The van der Waals surface area contributed by atoms with Crippen molar-refractivity contribution in [3.05, 3.63) is 82.9 Å². The number of hydrogen-bond acceptors (Lipinski definition) is 8. The number of carboxylic acid groups (broad SMARTS) is 2. The van der Waals surface area contributed by atoms with Crippen LogP contribution in [0.2, 0.25) is 0 Å². The lowest BCUT2D eigenvalue weighted by Gasteiger charge is -2.36. The minimum atomic E-state index is -1.17. The first-order valence-corrected chi connectivity index (χ1v) is 10.0. The number of phenols is 2. The lowest BCUT2D eigenvalue weighted by Crippen LogP contribution is -2.32. The highest BCUT2D eigenvalue weighted by Crippen LogP contribution is 2.56. The lowest BCUT2D eigenvalue weighted by atomic mass is 9.77. The van der Waals surface area contributed by atoms with Gasteiger partial charge >= 0.3 is 17.9 Å². The average Bonchev–Trinajstić information content (AvgIpc) is 3.06. The zero-order valence-corrected chi connectivity index (χ0v) is 17.5. The van der Waals surface area contributed by atoms with E-state index in [4.69, 9.17) is 19.7 Å². The number of carboxylic acids is 2. The second kappa shape index (κ2) is 8.75. The minimum absolute atomic E-state index is 0.0371. The number of hydrogen-bond donors (Lipinski definition) is 5. The fourth-order valence-corrected chi connectivity index (χ4v) is 3.93. The number of nitrogens with one attached hydrogen (secondary N) is 1. The second-order valence-electron chi connectivity index (χ2n) is 7.47. The third-order valence-electron chi connectivity index (χ3n) is 5.23. The summed E-state index contributed by atoms with van der Waals surface area (Å²) >= 11 is 0. The van der Waals surface area contributed by atoms with Crippen molar-refractivity contribution in [2.24, 2.45) is 0 Å². The van der Waals surface area contributed by atoms with Gasteiger partial charge in [-0.25, -0.2) is 4.79 Å². The van der Waals surface area contributed by atoms with Crippen molar-refractivity contribution in [2.45, 2.75) is 5.60 Å². The van der Waals surface area contributed by atoms with Gasteiger partial charge in [-0.1, -0.05) is 18.2 Å². The molecule has 0 fully saturated rings. The molecule has 0 bridgehead atoms. The predicted molar refractivity (Wildman–Crippen MR) is 116 cm³/mol. The van der Waals surface area contributed by atoms with Gasteiger partial charge in [-0.3, -0.25) is 14.9 Å². The number of rotatable bonds is 4. The molecular formula is C24H19NO9. The van der Waals surface area contributed by atoms with Crippen molar-refractivity contribution in [2.75, 3.05) is 13.1 Å². The molecule has 0 radical (unpaired) electrons. The molecule has 0 atom stereocenters. The summed E-state index contributed by atoms with van der Waals surface area (Å²) in [5, 5.41) is 37.8. The number of benzene rings is 3. The number of carbonyl (C=O) groups is 3. The molecule has 0 saturated heterocycles. The Bertz CT molecular complexity index is 1240. The van der Waals surface area contributed by atoms with E-state index < -0.39 is 23.5 Å². The summed E-state index contributed by atoms with van der Waals surface area (Å²) < 4.78 is 11.8. The van der Waals surface area contributed by atoms with Crippen molar-refractivity contribution in [3.63, 3.8) is 0 Å². The summed E-state index contributed by atoms with van der Waals surface area (Å²) in [6, 6.07) is 16.6. The summed E-state index contributed by atoms with van der Waals surface area (Å²) in [5.74, 6) is -1.71. The predicted octanol–water partition coefficient (Wildman–Crippen LogP) is 2.41.